The Bertz CT molecular complexity index is 640. The van der Waals surface area contributed by atoms with Gasteiger partial charge in [-0.15, -0.1) is 0 Å². The van der Waals surface area contributed by atoms with Crippen LogP contribution in [0.4, 0.5) is 5.69 Å². The van der Waals surface area contributed by atoms with Gasteiger partial charge in [-0.25, -0.2) is 0 Å². The summed E-state index contributed by atoms with van der Waals surface area (Å²) in [5, 5.41) is 13.1. The second kappa shape index (κ2) is 4.96. The maximum Gasteiger partial charge on any atom is 0.231 e. The van der Waals surface area contributed by atoms with Crippen LogP contribution in [-0.2, 0) is 0 Å². The summed E-state index contributed by atoms with van der Waals surface area (Å²) < 4.78 is 10.7. The van der Waals surface area contributed by atoms with Gasteiger partial charge in [0.1, 0.15) is 5.75 Å². The molecule has 0 saturated carbocycles. The fourth-order valence-corrected chi connectivity index (χ4v) is 2.21. The van der Waals surface area contributed by atoms with E-state index in [4.69, 9.17) is 9.47 Å². The molecule has 4 heteroatoms. The summed E-state index contributed by atoms with van der Waals surface area (Å²) in [5.41, 5.74) is 2.86. The molecule has 0 radical (unpaired) electrons. The molecule has 0 spiro atoms. The zero-order chi connectivity index (χ0) is 14.1. The minimum atomic E-state index is 0.103. The molecule has 0 aromatic heterocycles. The standard InChI is InChI=1S/C16H17NO3/c1-10-3-5-13(8-14(10)18)17-11(2)12-4-6-15-16(7-12)20-9-19-15/h3-8,11,17-18H,9H2,1-2H3. The van der Waals surface area contributed by atoms with Crippen LogP contribution in [0.1, 0.15) is 24.1 Å². The van der Waals surface area contributed by atoms with Crippen LogP contribution in [0.5, 0.6) is 17.2 Å². The largest absolute Gasteiger partial charge is 0.508 e. The number of aromatic hydroxyl groups is 1. The van der Waals surface area contributed by atoms with E-state index in [1.807, 2.05) is 37.3 Å². The number of phenols is 1. The van der Waals surface area contributed by atoms with E-state index in [1.165, 1.54) is 0 Å². The first kappa shape index (κ1) is 12.7. The Labute approximate surface area is 118 Å². The van der Waals surface area contributed by atoms with Gasteiger partial charge in [-0.3, -0.25) is 0 Å². The van der Waals surface area contributed by atoms with Crippen LogP contribution in [0.25, 0.3) is 0 Å². The molecule has 0 amide bonds. The highest BCUT2D eigenvalue weighted by Gasteiger charge is 2.15. The quantitative estimate of drug-likeness (QED) is 0.895. The van der Waals surface area contributed by atoms with Crippen molar-refractivity contribution in [1.29, 1.82) is 0 Å². The van der Waals surface area contributed by atoms with E-state index in [0.29, 0.717) is 5.75 Å². The lowest BCUT2D eigenvalue weighted by atomic mass is 10.1. The molecule has 2 aromatic rings. The molecule has 0 saturated heterocycles. The molecule has 0 aliphatic carbocycles. The number of ether oxygens (including phenoxy) is 2. The van der Waals surface area contributed by atoms with Gasteiger partial charge in [-0.2, -0.15) is 0 Å². The first-order valence-corrected chi connectivity index (χ1v) is 6.59. The summed E-state index contributed by atoms with van der Waals surface area (Å²) in [5.74, 6) is 1.87. The van der Waals surface area contributed by atoms with Crippen LogP contribution in [0, 0.1) is 6.92 Å². The molecule has 4 nitrogen and oxygen atoms in total. The molecule has 1 heterocycles. The number of anilines is 1. The van der Waals surface area contributed by atoms with Gasteiger partial charge in [0.2, 0.25) is 6.79 Å². The minimum absolute atomic E-state index is 0.103. The van der Waals surface area contributed by atoms with E-state index < -0.39 is 0 Å². The van der Waals surface area contributed by atoms with Crippen LogP contribution in [0.15, 0.2) is 36.4 Å². The number of hydrogen-bond donors (Lipinski definition) is 2. The van der Waals surface area contributed by atoms with Gasteiger partial charge >= 0.3 is 0 Å². The van der Waals surface area contributed by atoms with Crippen LogP contribution in [-0.4, -0.2) is 11.9 Å². The molecule has 2 aromatic carbocycles. The monoisotopic (exact) mass is 271 g/mol. The van der Waals surface area contributed by atoms with Crippen LogP contribution in [0.2, 0.25) is 0 Å². The number of rotatable bonds is 3. The van der Waals surface area contributed by atoms with Crippen molar-refractivity contribution < 1.29 is 14.6 Å². The predicted molar refractivity (Wildman–Crippen MR) is 77.4 cm³/mol. The molecule has 2 N–H and O–H groups in total. The van der Waals surface area contributed by atoms with E-state index >= 15 is 0 Å². The Kier molecular flexibility index (Phi) is 3.14. The topological polar surface area (TPSA) is 50.7 Å². The zero-order valence-electron chi connectivity index (χ0n) is 11.5. The van der Waals surface area contributed by atoms with E-state index in [1.54, 1.807) is 6.07 Å². The van der Waals surface area contributed by atoms with Gasteiger partial charge in [-0.05, 0) is 43.2 Å². The zero-order valence-corrected chi connectivity index (χ0v) is 11.5. The summed E-state index contributed by atoms with van der Waals surface area (Å²) in [4.78, 5) is 0. The second-order valence-electron chi connectivity index (χ2n) is 4.98. The molecule has 1 aliphatic rings. The SMILES string of the molecule is Cc1ccc(NC(C)c2ccc3c(c2)OCO3)cc1O. The highest BCUT2D eigenvalue weighted by atomic mass is 16.7. The molecule has 20 heavy (non-hydrogen) atoms. The summed E-state index contributed by atoms with van der Waals surface area (Å²) >= 11 is 0. The van der Waals surface area contributed by atoms with E-state index in [9.17, 15) is 5.11 Å². The number of aryl methyl sites for hydroxylation is 1. The first-order chi connectivity index (χ1) is 9.63. The highest BCUT2D eigenvalue weighted by molar-refractivity contribution is 5.53. The molecule has 0 fully saturated rings. The molecule has 1 unspecified atom stereocenters. The number of phenolic OH excluding ortho intramolecular Hbond substituents is 1. The third-order valence-corrected chi connectivity index (χ3v) is 3.49. The van der Waals surface area contributed by atoms with Crippen molar-refractivity contribution in [3.05, 3.63) is 47.5 Å². The number of benzene rings is 2. The Balaban J connectivity index is 1.78. The Morgan fingerprint density at radius 3 is 2.70 bits per heavy atom. The Hall–Kier alpha value is -2.36. The molecular weight excluding hydrogens is 254 g/mol. The third kappa shape index (κ3) is 2.37. The van der Waals surface area contributed by atoms with Crippen molar-refractivity contribution in [2.45, 2.75) is 19.9 Å². The van der Waals surface area contributed by atoms with Crippen molar-refractivity contribution in [2.75, 3.05) is 12.1 Å². The highest BCUT2D eigenvalue weighted by Crippen LogP contribution is 2.35. The summed E-state index contributed by atoms with van der Waals surface area (Å²) in [6.07, 6.45) is 0. The average molecular weight is 271 g/mol. The Morgan fingerprint density at radius 1 is 1.10 bits per heavy atom. The fraction of sp³-hybridized carbons (Fsp3) is 0.250. The lowest BCUT2D eigenvalue weighted by Gasteiger charge is -2.16. The number of nitrogens with one attached hydrogen (secondary N) is 1. The molecular formula is C16H17NO3. The van der Waals surface area contributed by atoms with Gasteiger partial charge < -0.3 is 19.9 Å². The maximum atomic E-state index is 9.73. The summed E-state index contributed by atoms with van der Waals surface area (Å²) in [6, 6.07) is 11.6. The van der Waals surface area contributed by atoms with Gasteiger partial charge in [0.25, 0.3) is 0 Å². The number of fused-ring (bicyclic) bond motifs is 1. The van der Waals surface area contributed by atoms with E-state index in [2.05, 4.69) is 12.2 Å². The van der Waals surface area contributed by atoms with Crippen molar-refractivity contribution in [3.8, 4) is 17.2 Å². The first-order valence-electron chi connectivity index (χ1n) is 6.59. The van der Waals surface area contributed by atoms with E-state index in [-0.39, 0.29) is 12.8 Å². The predicted octanol–water partition coefficient (Wildman–Crippen LogP) is 3.60. The maximum absolute atomic E-state index is 9.73. The van der Waals surface area contributed by atoms with Crippen molar-refractivity contribution >= 4 is 5.69 Å². The average Bonchev–Trinajstić information content (AvgIpc) is 2.90. The number of hydrogen-bond acceptors (Lipinski definition) is 4. The normalized spacial score (nSPS) is 14.1. The molecule has 104 valence electrons. The van der Waals surface area contributed by atoms with Gasteiger partial charge in [-0.1, -0.05) is 12.1 Å². The van der Waals surface area contributed by atoms with Gasteiger partial charge in [0.05, 0.1) is 0 Å². The summed E-state index contributed by atoms with van der Waals surface area (Å²) in [7, 11) is 0. The van der Waals surface area contributed by atoms with Gasteiger partial charge in [0.15, 0.2) is 11.5 Å². The van der Waals surface area contributed by atoms with Crippen molar-refractivity contribution in [1.82, 2.24) is 0 Å². The van der Waals surface area contributed by atoms with Crippen molar-refractivity contribution in [3.63, 3.8) is 0 Å². The molecule has 3 rings (SSSR count). The molecule has 1 atom stereocenters. The summed E-state index contributed by atoms with van der Waals surface area (Å²) in [6.45, 7) is 4.22. The molecule has 1 aliphatic heterocycles. The lowest BCUT2D eigenvalue weighted by molar-refractivity contribution is 0.174. The van der Waals surface area contributed by atoms with Crippen LogP contribution in [0.3, 0.4) is 0 Å². The van der Waals surface area contributed by atoms with Gasteiger partial charge in [0, 0.05) is 17.8 Å². The lowest BCUT2D eigenvalue weighted by Crippen LogP contribution is -2.06. The van der Waals surface area contributed by atoms with Crippen LogP contribution < -0.4 is 14.8 Å². The Morgan fingerprint density at radius 2 is 1.90 bits per heavy atom. The fourth-order valence-electron chi connectivity index (χ4n) is 2.21. The second-order valence-corrected chi connectivity index (χ2v) is 4.98. The van der Waals surface area contributed by atoms with Crippen LogP contribution >= 0.6 is 0 Å². The minimum Gasteiger partial charge on any atom is -0.508 e. The third-order valence-electron chi connectivity index (χ3n) is 3.49. The smallest absolute Gasteiger partial charge is 0.231 e. The molecule has 0 bridgehead atoms. The van der Waals surface area contributed by atoms with E-state index in [0.717, 1.165) is 28.3 Å². The van der Waals surface area contributed by atoms with Crippen molar-refractivity contribution in [2.24, 2.45) is 0 Å².